The van der Waals surface area contributed by atoms with Crippen molar-refractivity contribution in [1.82, 2.24) is 8.96 Å². The van der Waals surface area contributed by atoms with Gasteiger partial charge in [-0.25, -0.2) is 22.0 Å². The van der Waals surface area contributed by atoms with Gasteiger partial charge in [-0.3, -0.25) is 4.98 Å². The van der Waals surface area contributed by atoms with E-state index < -0.39 is 22.0 Å². The Bertz CT molecular complexity index is 1690. The first kappa shape index (κ1) is 26.1. The summed E-state index contributed by atoms with van der Waals surface area (Å²) in [5.41, 5.74) is 3.34. The number of nitrogens with zero attached hydrogens (tertiary/aromatic N) is 2. The summed E-state index contributed by atoms with van der Waals surface area (Å²) in [4.78, 5) is 24.9. The number of pyridine rings is 1. The van der Waals surface area contributed by atoms with Crippen LogP contribution in [0.25, 0.3) is 22.0 Å². The molecule has 0 amide bonds. The van der Waals surface area contributed by atoms with Gasteiger partial charge in [-0.05, 0) is 47.5 Å². The first-order chi connectivity index (χ1) is 18.2. The minimum atomic E-state index is -3.74. The predicted molar refractivity (Wildman–Crippen MR) is 144 cm³/mol. The average Bonchev–Trinajstić information content (AvgIpc) is 3.33. The van der Waals surface area contributed by atoms with Gasteiger partial charge in [-0.2, -0.15) is 0 Å². The maximum atomic E-state index is 13.1. The molecule has 0 bridgehead atoms. The molecule has 3 N–H and O–H groups in total. The lowest BCUT2D eigenvalue weighted by Gasteiger charge is -2.08. The number of carboxylic acid groups (broad SMARTS) is 2. The molecule has 0 aliphatic rings. The van der Waals surface area contributed by atoms with Gasteiger partial charge in [0.05, 0.1) is 22.3 Å². The van der Waals surface area contributed by atoms with Crippen LogP contribution >= 0.6 is 0 Å². The summed E-state index contributed by atoms with van der Waals surface area (Å²) < 4.78 is 27.6. The Hall–Kier alpha value is -4.96. The highest BCUT2D eigenvalue weighted by molar-refractivity contribution is 7.90. The normalized spacial score (nSPS) is 10.9. The van der Waals surface area contributed by atoms with Gasteiger partial charge in [0.15, 0.2) is 0 Å². The van der Waals surface area contributed by atoms with Crippen LogP contribution in [-0.4, -0.2) is 46.6 Å². The maximum absolute atomic E-state index is 13.1. The molecule has 0 saturated carbocycles. The number of hydrogen-bond acceptors (Lipinski definition) is 6. The van der Waals surface area contributed by atoms with Crippen LogP contribution in [0.4, 0.5) is 5.69 Å². The summed E-state index contributed by atoms with van der Waals surface area (Å²) in [6.45, 7) is 0. The van der Waals surface area contributed by atoms with Crippen molar-refractivity contribution in [3.8, 4) is 11.1 Å². The molecule has 5 aromatic rings. The predicted octanol–water partition coefficient (Wildman–Crippen LogP) is 5.07. The molecule has 38 heavy (non-hydrogen) atoms. The minimum Gasteiger partial charge on any atom is -0.478 e. The van der Waals surface area contributed by atoms with E-state index in [0.29, 0.717) is 5.52 Å². The number of fused-ring (bicyclic) bond motifs is 1. The third kappa shape index (κ3) is 5.40. The van der Waals surface area contributed by atoms with Gasteiger partial charge < -0.3 is 15.5 Å². The standard InChI is InChI=1S/C20H17N3O2S.C8H6O4/c1-21-19-14-23(26(24,25)17-8-5-11-22-13-17)20-12-16(9-10-18(19)20)15-6-3-2-4-7-15;9-7(10)5-2-1-3-6(4-5)8(11)12/h2-14,21H,1H3;1-4H,(H,9,10)(H,11,12). The largest absolute Gasteiger partial charge is 0.478 e. The van der Waals surface area contributed by atoms with Gasteiger partial charge in [0.2, 0.25) is 0 Å². The van der Waals surface area contributed by atoms with Gasteiger partial charge >= 0.3 is 11.9 Å². The van der Waals surface area contributed by atoms with Crippen molar-refractivity contribution in [2.24, 2.45) is 0 Å². The summed E-state index contributed by atoms with van der Waals surface area (Å²) >= 11 is 0. The molecule has 3 aromatic carbocycles. The number of nitrogens with one attached hydrogen (secondary N) is 1. The van der Waals surface area contributed by atoms with Crippen molar-refractivity contribution in [2.75, 3.05) is 12.4 Å². The van der Waals surface area contributed by atoms with E-state index in [9.17, 15) is 18.0 Å². The summed E-state index contributed by atoms with van der Waals surface area (Å²) in [5.74, 6) is -2.25. The number of benzene rings is 3. The fourth-order valence-corrected chi connectivity index (χ4v) is 5.13. The Balaban J connectivity index is 0.000000236. The van der Waals surface area contributed by atoms with Crippen LogP contribution in [0.15, 0.2) is 108 Å². The highest BCUT2D eigenvalue weighted by Crippen LogP contribution is 2.32. The van der Waals surface area contributed by atoms with Gasteiger partial charge in [-0.1, -0.05) is 48.5 Å². The third-order valence-electron chi connectivity index (χ3n) is 5.70. The van der Waals surface area contributed by atoms with E-state index in [1.165, 1.54) is 28.4 Å². The molecule has 2 aromatic heterocycles. The first-order valence-corrected chi connectivity index (χ1v) is 12.8. The van der Waals surface area contributed by atoms with Crippen LogP contribution in [0.3, 0.4) is 0 Å². The van der Waals surface area contributed by atoms with E-state index in [4.69, 9.17) is 10.2 Å². The third-order valence-corrected chi connectivity index (χ3v) is 7.35. The first-order valence-electron chi connectivity index (χ1n) is 11.3. The number of hydrogen-bond donors (Lipinski definition) is 3. The topological polar surface area (TPSA) is 139 Å². The summed E-state index contributed by atoms with van der Waals surface area (Å²) in [5, 5.41) is 20.9. The van der Waals surface area contributed by atoms with Crippen LogP contribution in [-0.2, 0) is 10.0 Å². The number of aromatic nitrogens is 2. The molecule has 0 saturated heterocycles. The van der Waals surface area contributed by atoms with Crippen LogP contribution < -0.4 is 5.32 Å². The fourth-order valence-electron chi connectivity index (χ4n) is 3.80. The molecule has 192 valence electrons. The summed E-state index contributed by atoms with van der Waals surface area (Å²) in [6, 6.07) is 24.1. The van der Waals surface area contributed by atoms with Crippen LogP contribution in [0.5, 0.6) is 0 Å². The van der Waals surface area contributed by atoms with Gasteiger partial charge in [0.25, 0.3) is 10.0 Å². The Morgan fingerprint density at radius 3 is 2.08 bits per heavy atom. The van der Waals surface area contributed by atoms with Crippen molar-refractivity contribution in [3.05, 3.63) is 115 Å². The lowest BCUT2D eigenvalue weighted by molar-refractivity contribution is 0.0696. The molecular weight excluding hydrogens is 506 g/mol. The van der Waals surface area contributed by atoms with Crippen molar-refractivity contribution < 1.29 is 28.2 Å². The minimum absolute atomic E-state index is 0.0186. The molecule has 9 nitrogen and oxygen atoms in total. The van der Waals surface area contributed by atoms with Crippen molar-refractivity contribution in [3.63, 3.8) is 0 Å². The molecule has 0 spiro atoms. The molecule has 0 aliphatic carbocycles. The molecule has 0 radical (unpaired) electrons. The lowest BCUT2D eigenvalue weighted by atomic mass is 10.0. The van der Waals surface area contributed by atoms with Gasteiger partial charge in [0.1, 0.15) is 4.90 Å². The molecule has 0 atom stereocenters. The monoisotopic (exact) mass is 529 g/mol. The molecular formula is C28H23N3O6S. The van der Waals surface area contributed by atoms with Crippen molar-refractivity contribution in [1.29, 1.82) is 0 Å². The smallest absolute Gasteiger partial charge is 0.335 e. The summed E-state index contributed by atoms with van der Waals surface area (Å²) in [7, 11) is -1.96. The molecule has 10 heteroatoms. The Morgan fingerprint density at radius 2 is 1.50 bits per heavy atom. The van der Waals surface area contributed by atoms with Crippen molar-refractivity contribution in [2.45, 2.75) is 4.90 Å². The van der Waals surface area contributed by atoms with Gasteiger partial charge in [-0.15, -0.1) is 0 Å². The maximum Gasteiger partial charge on any atom is 0.335 e. The number of carboxylic acids is 2. The zero-order valence-electron chi connectivity index (χ0n) is 20.1. The van der Waals surface area contributed by atoms with Crippen molar-refractivity contribution >= 4 is 38.6 Å². The highest BCUT2D eigenvalue weighted by Gasteiger charge is 2.21. The number of aromatic carboxylic acids is 2. The number of rotatable bonds is 6. The quantitative estimate of drug-likeness (QED) is 0.277. The van der Waals surface area contributed by atoms with Crippen LogP contribution in [0, 0.1) is 0 Å². The average molecular weight is 530 g/mol. The molecule has 0 fully saturated rings. The lowest BCUT2D eigenvalue weighted by Crippen LogP contribution is -2.12. The van der Waals surface area contributed by atoms with E-state index >= 15 is 0 Å². The zero-order valence-corrected chi connectivity index (χ0v) is 21.0. The van der Waals surface area contributed by atoms with E-state index in [0.717, 1.165) is 28.3 Å². The zero-order chi connectivity index (χ0) is 27.3. The second-order valence-corrected chi connectivity index (χ2v) is 9.89. The summed E-state index contributed by atoms with van der Waals surface area (Å²) in [6.07, 6.45) is 4.53. The Kier molecular flexibility index (Phi) is 7.54. The second kappa shape index (κ2) is 11.0. The van der Waals surface area contributed by atoms with Crippen LogP contribution in [0.2, 0.25) is 0 Å². The second-order valence-electron chi connectivity index (χ2n) is 8.07. The molecule has 0 aliphatic heterocycles. The highest BCUT2D eigenvalue weighted by atomic mass is 32.2. The number of anilines is 1. The fraction of sp³-hybridized carbons (Fsp3) is 0.0357. The SMILES string of the molecule is CNc1cn(S(=O)(=O)c2cccnc2)c2cc(-c3ccccc3)ccc12.O=C(O)c1cccc(C(=O)O)c1. The molecule has 2 heterocycles. The van der Waals surface area contributed by atoms with Crippen LogP contribution in [0.1, 0.15) is 20.7 Å². The van der Waals surface area contributed by atoms with E-state index in [1.807, 2.05) is 48.5 Å². The molecule has 5 rings (SSSR count). The van der Waals surface area contributed by atoms with E-state index in [-0.39, 0.29) is 16.0 Å². The Morgan fingerprint density at radius 1 is 0.816 bits per heavy atom. The Labute approximate surface area is 218 Å². The van der Waals surface area contributed by atoms with E-state index in [1.54, 1.807) is 31.6 Å². The van der Waals surface area contributed by atoms with Gasteiger partial charge in [0, 0.05) is 31.0 Å². The molecule has 0 unspecified atom stereocenters. The van der Waals surface area contributed by atoms with E-state index in [2.05, 4.69) is 10.3 Å². The number of carbonyl (C=O) groups is 2.